The van der Waals surface area contributed by atoms with Crippen LogP contribution in [0.2, 0.25) is 0 Å². The van der Waals surface area contributed by atoms with Crippen LogP contribution >= 0.6 is 0 Å². The van der Waals surface area contributed by atoms with E-state index in [-0.39, 0.29) is 49.3 Å². The number of fused-ring (bicyclic) bond motifs is 1. The van der Waals surface area contributed by atoms with Gasteiger partial charge < -0.3 is 24.1 Å². The van der Waals surface area contributed by atoms with E-state index >= 15 is 0 Å². The lowest BCUT2D eigenvalue weighted by Crippen LogP contribution is -2.18. The highest BCUT2D eigenvalue weighted by molar-refractivity contribution is 5.98. The number of phenols is 1. The SMILES string of the molecule is [CH2]C([CH2])OC(=O)CC(C)COC(=O)CC/C(C)=C/Cc1c(O)c2c(c(C)c1OC)COC2=O. The van der Waals surface area contributed by atoms with Crippen molar-refractivity contribution < 1.29 is 38.4 Å². The van der Waals surface area contributed by atoms with E-state index in [1.54, 1.807) is 6.92 Å². The fraction of sp³-hybridized carbons (Fsp3) is 0.480. The summed E-state index contributed by atoms with van der Waals surface area (Å²) in [5, 5.41) is 10.7. The Morgan fingerprint density at radius 3 is 2.58 bits per heavy atom. The molecule has 0 spiro atoms. The standard InChI is InChI=1S/C25H32O8/c1-14(2)33-21(27)11-16(4)12-31-20(26)10-8-15(3)7-9-18-23(28)22-19(13-32-25(22)29)17(5)24(18)30-6/h7,14,16,28H,1-2,8-13H2,3-6H3/b15-7+. The van der Waals surface area contributed by atoms with Gasteiger partial charge in [-0.15, -0.1) is 0 Å². The van der Waals surface area contributed by atoms with Gasteiger partial charge in [0.1, 0.15) is 29.8 Å². The summed E-state index contributed by atoms with van der Waals surface area (Å²) in [4.78, 5) is 35.6. The summed E-state index contributed by atoms with van der Waals surface area (Å²) in [6.45, 7) is 12.7. The second-order valence-corrected chi connectivity index (χ2v) is 8.27. The van der Waals surface area contributed by atoms with Crippen LogP contribution in [-0.2, 0) is 36.8 Å². The molecule has 1 aromatic carbocycles. The van der Waals surface area contributed by atoms with E-state index in [0.717, 1.165) is 11.1 Å². The molecule has 8 heteroatoms. The van der Waals surface area contributed by atoms with Gasteiger partial charge in [0.05, 0.1) is 20.1 Å². The molecule has 0 saturated carbocycles. The van der Waals surface area contributed by atoms with Gasteiger partial charge in [-0.2, -0.15) is 0 Å². The number of aromatic hydroxyl groups is 1. The predicted molar refractivity (Wildman–Crippen MR) is 121 cm³/mol. The van der Waals surface area contributed by atoms with E-state index in [4.69, 9.17) is 18.9 Å². The molecule has 2 radical (unpaired) electrons. The first-order valence-electron chi connectivity index (χ1n) is 10.8. The summed E-state index contributed by atoms with van der Waals surface area (Å²) in [6, 6.07) is 0. The van der Waals surface area contributed by atoms with E-state index in [9.17, 15) is 19.5 Å². The van der Waals surface area contributed by atoms with E-state index in [1.807, 2.05) is 19.9 Å². The zero-order valence-electron chi connectivity index (χ0n) is 19.7. The first kappa shape index (κ1) is 26.2. The van der Waals surface area contributed by atoms with Gasteiger partial charge in [-0.3, -0.25) is 9.59 Å². The Balaban J connectivity index is 1.91. The van der Waals surface area contributed by atoms with Gasteiger partial charge in [0.15, 0.2) is 0 Å². The van der Waals surface area contributed by atoms with Crippen molar-refractivity contribution >= 4 is 17.9 Å². The van der Waals surface area contributed by atoms with Crippen LogP contribution in [0.15, 0.2) is 11.6 Å². The third-order valence-electron chi connectivity index (χ3n) is 5.37. The molecule has 0 amide bonds. The van der Waals surface area contributed by atoms with Gasteiger partial charge in [0.25, 0.3) is 0 Å². The highest BCUT2D eigenvalue weighted by Gasteiger charge is 2.31. The Morgan fingerprint density at radius 1 is 1.24 bits per heavy atom. The number of carbonyl (C=O) groups is 3. The Bertz CT molecular complexity index is 929. The number of rotatable bonds is 11. The van der Waals surface area contributed by atoms with Crippen LogP contribution in [0, 0.1) is 26.7 Å². The van der Waals surface area contributed by atoms with Crippen LogP contribution in [0.5, 0.6) is 11.5 Å². The minimum Gasteiger partial charge on any atom is -0.507 e. The van der Waals surface area contributed by atoms with E-state index in [0.29, 0.717) is 29.7 Å². The van der Waals surface area contributed by atoms with Crippen molar-refractivity contribution in [2.75, 3.05) is 13.7 Å². The number of hydrogen-bond acceptors (Lipinski definition) is 8. The highest BCUT2D eigenvalue weighted by Crippen LogP contribution is 2.42. The molecule has 0 fully saturated rings. The Kier molecular flexibility index (Phi) is 9.32. The normalized spacial score (nSPS) is 14.0. The third kappa shape index (κ3) is 6.97. The fourth-order valence-electron chi connectivity index (χ4n) is 3.59. The number of hydrogen-bond donors (Lipinski definition) is 1. The van der Waals surface area contributed by atoms with Crippen molar-refractivity contribution in [1.29, 1.82) is 0 Å². The molecule has 33 heavy (non-hydrogen) atoms. The topological polar surface area (TPSA) is 108 Å². The van der Waals surface area contributed by atoms with Crippen LogP contribution < -0.4 is 4.74 Å². The average Bonchev–Trinajstić information content (AvgIpc) is 3.13. The number of cyclic esters (lactones) is 1. The van der Waals surface area contributed by atoms with E-state index in [2.05, 4.69) is 13.8 Å². The molecule has 1 N–H and O–H groups in total. The number of carbonyl (C=O) groups excluding carboxylic acids is 3. The molecule has 0 aliphatic carbocycles. The molecule has 1 atom stereocenters. The zero-order chi connectivity index (χ0) is 24.7. The molecule has 0 aromatic heterocycles. The van der Waals surface area contributed by atoms with Crippen molar-refractivity contribution in [1.82, 2.24) is 0 Å². The minimum atomic E-state index is -0.668. The Labute approximate surface area is 194 Å². The van der Waals surface area contributed by atoms with Gasteiger partial charge in [0.2, 0.25) is 0 Å². The molecule has 0 saturated heterocycles. The summed E-state index contributed by atoms with van der Waals surface area (Å²) in [5.74, 6) is -1.13. The van der Waals surface area contributed by atoms with Gasteiger partial charge >= 0.3 is 17.9 Å². The minimum absolute atomic E-state index is 0.116. The zero-order valence-corrected chi connectivity index (χ0v) is 19.7. The van der Waals surface area contributed by atoms with Crippen molar-refractivity contribution in [2.45, 2.75) is 59.2 Å². The summed E-state index contributed by atoms with van der Waals surface area (Å²) in [6.07, 6.45) is 2.30. The van der Waals surface area contributed by atoms with Gasteiger partial charge in [0, 0.05) is 23.5 Å². The van der Waals surface area contributed by atoms with Crippen molar-refractivity contribution in [2.24, 2.45) is 5.92 Å². The summed E-state index contributed by atoms with van der Waals surface area (Å²) < 4.78 is 20.6. The smallest absolute Gasteiger partial charge is 0.342 e. The second kappa shape index (κ2) is 11.7. The van der Waals surface area contributed by atoms with Gasteiger partial charge in [-0.1, -0.05) is 18.6 Å². The predicted octanol–water partition coefficient (Wildman–Crippen LogP) is 3.80. The van der Waals surface area contributed by atoms with Crippen molar-refractivity contribution in [3.8, 4) is 11.5 Å². The van der Waals surface area contributed by atoms with Crippen LogP contribution in [0.3, 0.4) is 0 Å². The largest absolute Gasteiger partial charge is 0.507 e. The Hall–Kier alpha value is -3.03. The number of ether oxygens (including phenoxy) is 4. The van der Waals surface area contributed by atoms with Gasteiger partial charge in [-0.25, -0.2) is 4.79 Å². The molecule has 180 valence electrons. The molecular formula is C25H32O8. The van der Waals surface area contributed by atoms with Crippen LogP contribution in [0.4, 0.5) is 0 Å². The molecule has 0 bridgehead atoms. The quantitative estimate of drug-likeness (QED) is 0.302. The van der Waals surface area contributed by atoms with Crippen LogP contribution in [0.25, 0.3) is 0 Å². The van der Waals surface area contributed by atoms with Crippen LogP contribution in [-0.4, -0.2) is 42.8 Å². The van der Waals surface area contributed by atoms with Crippen molar-refractivity contribution in [3.63, 3.8) is 0 Å². The number of benzene rings is 1. The average molecular weight is 461 g/mol. The molecule has 1 heterocycles. The first-order valence-corrected chi connectivity index (χ1v) is 10.8. The van der Waals surface area contributed by atoms with E-state index < -0.39 is 18.0 Å². The van der Waals surface area contributed by atoms with Gasteiger partial charge in [-0.05, 0) is 46.1 Å². The first-order chi connectivity index (χ1) is 15.5. The number of allylic oxidation sites excluding steroid dienone is 2. The maximum Gasteiger partial charge on any atom is 0.342 e. The molecule has 1 aliphatic heterocycles. The maximum absolute atomic E-state index is 12.1. The van der Waals surface area contributed by atoms with E-state index in [1.165, 1.54) is 7.11 Å². The number of methoxy groups -OCH3 is 1. The maximum atomic E-state index is 12.1. The lowest BCUT2D eigenvalue weighted by molar-refractivity contribution is -0.150. The summed E-state index contributed by atoms with van der Waals surface area (Å²) in [7, 11) is 1.51. The van der Waals surface area contributed by atoms with Crippen LogP contribution in [0.1, 0.15) is 60.2 Å². The molecule has 2 rings (SSSR count). The van der Waals surface area contributed by atoms with Crippen molar-refractivity contribution in [3.05, 3.63) is 47.8 Å². The summed E-state index contributed by atoms with van der Waals surface area (Å²) in [5.41, 5.74) is 3.02. The fourth-order valence-corrected chi connectivity index (χ4v) is 3.59. The number of esters is 3. The second-order valence-electron chi connectivity index (χ2n) is 8.27. The third-order valence-corrected chi connectivity index (χ3v) is 5.37. The Morgan fingerprint density at radius 2 is 1.94 bits per heavy atom. The molecule has 1 aliphatic rings. The lowest BCUT2D eigenvalue weighted by Gasteiger charge is -2.16. The molecular weight excluding hydrogens is 428 g/mol. The lowest BCUT2D eigenvalue weighted by atomic mass is 9.94. The molecule has 8 nitrogen and oxygen atoms in total. The highest BCUT2D eigenvalue weighted by atomic mass is 16.5. The number of phenolic OH excluding ortho intramolecular Hbond substituents is 1. The summed E-state index contributed by atoms with van der Waals surface area (Å²) >= 11 is 0. The molecule has 1 aromatic rings. The molecule has 1 unspecified atom stereocenters. The monoisotopic (exact) mass is 460 g/mol.